The molecule has 2 aromatic heterocycles. The lowest BCUT2D eigenvalue weighted by Gasteiger charge is -2.34. The molecule has 2 saturated heterocycles. The second-order valence-corrected chi connectivity index (χ2v) is 9.12. The van der Waals surface area contributed by atoms with Crippen LogP contribution in [0.5, 0.6) is 0 Å². The molecule has 170 valence electrons. The summed E-state index contributed by atoms with van der Waals surface area (Å²) in [5.74, 6) is 2.83. The molecule has 8 heteroatoms. The zero-order chi connectivity index (χ0) is 21.5. The highest BCUT2D eigenvalue weighted by atomic mass is 32.1. The molecule has 1 unspecified atom stereocenters. The van der Waals surface area contributed by atoms with E-state index >= 15 is 0 Å². The van der Waals surface area contributed by atoms with Crippen molar-refractivity contribution in [3.05, 3.63) is 41.2 Å². The largest absolute Gasteiger partial charge is 0.465 e. The number of ether oxygens (including phenoxy) is 1. The first-order valence-electron chi connectivity index (χ1n) is 11.4. The molecule has 0 spiro atoms. The number of piperidine rings is 1. The molecule has 2 fully saturated rings. The van der Waals surface area contributed by atoms with E-state index in [4.69, 9.17) is 14.1 Å². The number of thiophene rings is 1. The first-order chi connectivity index (χ1) is 15.2. The van der Waals surface area contributed by atoms with Crippen molar-refractivity contribution in [3.8, 4) is 0 Å². The van der Waals surface area contributed by atoms with Crippen LogP contribution in [0.15, 0.2) is 39.1 Å². The third kappa shape index (κ3) is 6.02. The highest BCUT2D eigenvalue weighted by Crippen LogP contribution is 2.26. The SMILES string of the molecule is CCNC(=NCC(c1ccc(C)o1)N1CCOCC1)NC1CCN(c2cccs2)CC1. The molecule has 2 aromatic rings. The molecule has 7 nitrogen and oxygen atoms in total. The molecule has 4 rings (SSSR count). The smallest absolute Gasteiger partial charge is 0.191 e. The number of nitrogens with zero attached hydrogens (tertiary/aromatic N) is 3. The van der Waals surface area contributed by atoms with E-state index in [1.165, 1.54) is 5.00 Å². The van der Waals surface area contributed by atoms with Crippen molar-refractivity contribution in [3.63, 3.8) is 0 Å². The lowest BCUT2D eigenvalue weighted by molar-refractivity contribution is 0.0135. The fourth-order valence-electron chi connectivity index (χ4n) is 4.29. The Morgan fingerprint density at radius 3 is 2.65 bits per heavy atom. The zero-order valence-corrected chi connectivity index (χ0v) is 19.5. The summed E-state index contributed by atoms with van der Waals surface area (Å²) in [6.45, 7) is 11.1. The minimum absolute atomic E-state index is 0.133. The van der Waals surface area contributed by atoms with E-state index in [-0.39, 0.29) is 6.04 Å². The van der Waals surface area contributed by atoms with Gasteiger partial charge < -0.3 is 24.7 Å². The first kappa shape index (κ1) is 22.2. The maximum absolute atomic E-state index is 5.99. The van der Waals surface area contributed by atoms with Crippen LogP contribution in [0.25, 0.3) is 0 Å². The number of hydrogen-bond acceptors (Lipinski definition) is 6. The number of morpholine rings is 1. The third-order valence-electron chi connectivity index (χ3n) is 6.00. The molecule has 1 atom stereocenters. The minimum Gasteiger partial charge on any atom is -0.465 e. The Hall–Kier alpha value is -2.03. The van der Waals surface area contributed by atoms with Gasteiger partial charge in [0.05, 0.1) is 30.8 Å². The van der Waals surface area contributed by atoms with Gasteiger partial charge in [0.1, 0.15) is 11.5 Å². The summed E-state index contributed by atoms with van der Waals surface area (Å²) in [5.41, 5.74) is 0. The van der Waals surface area contributed by atoms with Gasteiger partial charge >= 0.3 is 0 Å². The quantitative estimate of drug-likeness (QED) is 0.504. The van der Waals surface area contributed by atoms with Gasteiger partial charge in [0.15, 0.2) is 5.96 Å². The highest BCUT2D eigenvalue weighted by Gasteiger charge is 2.26. The van der Waals surface area contributed by atoms with Gasteiger partial charge in [0.25, 0.3) is 0 Å². The minimum atomic E-state index is 0.133. The van der Waals surface area contributed by atoms with E-state index in [1.807, 2.05) is 24.3 Å². The Balaban J connectivity index is 1.38. The van der Waals surface area contributed by atoms with Crippen LogP contribution in [0, 0.1) is 6.92 Å². The average Bonchev–Trinajstić information content (AvgIpc) is 3.48. The maximum Gasteiger partial charge on any atom is 0.191 e. The molecule has 0 bridgehead atoms. The molecule has 0 aliphatic carbocycles. The van der Waals surface area contributed by atoms with Crippen LogP contribution < -0.4 is 15.5 Å². The molecule has 31 heavy (non-hydrogen) atoms. The number of anilines is 1. The van der Waals surface area contributed by atoms with Crippen molar-refractivity contribution < 1.29 is 9.15 Å². The Bertz CT molecular complexity index is 808. The van der Waals surface area contributed by atoms with Crippen molar-refractivity contribution in [2.75, 3.05) is 57.4 Å². The van der Waals surface area contributed by atoms with Gasteiger partial charge in [-0.25, -0.2) is 0 Å². The van der Waals surface area contributed by atoms with Gasteiger partial charge in [-0.1, -0.05) is 0 Å². The van der Waals surface area contributed by atoms with Crippen molar-refractivity contribution in [2.45, 2.75) is 38.8 Å². The predicted molar refractivity (Wildman–Crippen MR) is 127 cm³/mol. The first-order valence-corrected chi connectivity index (χ1v) is 12.3. The van der Waals surface area contributed by atoms with Crippen molar-refractivity contribution in [1.29, 1.82) is 0 Å². The normalized spacial score (nSPS) is 20.1. The van der Waals surface area contributed by atoms with E-state index in [0.29, 0.717) is 12.6 Å². The van der Waals surface area contributed by atoms with Crippen molar-refractivity contribution >= 4 is 22.3 Å². The molecule has 4 heterocycles. The van der Waals surface area contributed by atoms with Crippen molar-refractivity contribution in [1.82, 2.24) is 15.5 Å². The van der Waals surface area contributed by atoms with Gasteiger partial charge in [-0.2, -0.15) is 0 Å². The maximum atomic E-state index is 5.99. The molecular weight excluding hydrogens is 410 g/mol. The second kappa shape index (κ2) is 11.0. The van der Waals surface area contributed by atoms with Gasteiger partial charge in [-0.05, 0) is 56.3 Å². The molecule has 0 saturated carbocycles. The van der Waals surface area contributed by atoms with Crippen LogP contribution in [0.1, 0.15) is 37.3 Å². The average molecular weight is 446 g/mol. The van der Waals surface area contributed by atoms with Gasteiger partial charge in [0.2, 0.25) is 0 Å². The number of nitrogens with one attached hydrogen (secondary N) is 2. The van der Waals surface area contributed by atoms with E-state index in [1.54, 1.807) is 0 Å². The summed E-state index contributed by atoms with van der Waals surface area (Å²) in [7, 11) is 0. The van der Waals surface area contributed by atoms with Gasteiger partial charge in [-0.3, -0.25) is 9.89 Å². The summed E-state index contributed by atoms with van der Waals surface area (Å²) in [5, 5.41) is 10.6. The topological polar surface area (TPSA) is 65.3 Å². The Labute approximate surface area is 189 Å². The van der Waals surface area contributed by atoms with Crippen LogP contribution >= 0.6 is 11.3 Å². The van der Waals surface area contributed by atoms with E-state index in [9.17, 15) is 0 Å². The highest BCUT2D eigenvalue weighted by molar-refractivity contribution is 7.14. The Morgan fingerprint density at radius 1 is 1.19 bits per heavy atom. The standard InChI is InChI=1S/C23H35N5O2S/c1-3-24-23(26-19-8-10-28(11-9-19)22-5-4-16-31-22)25-17-20(21-7-6-18(2)30-21)27-12-14-29-15-13-27/h4-7,16,19-20H,3,8-15,17H2,1-2H3,(H2,24,25,26). The van der Waals surface area contributed by atoms with Crippen LogP contribution in [0.3, 0.4) is 0 Å². The van der Waals surface area contributed by atoms with E-state index in [0.717, 1.165) is 76.3 Å². The number of rotatable bonds is 7. The molecule has 2 aliphatic heterocycles. The molecular formula is C23H35N5O2S. The number of aliphatic imine (C=N–C) groups is 1. The number of furan rings is 1. The summed E-state index contributed by atoms with van der Waals surface area (Å²) < 4.78 is 11.5. The van der Waals surface area contributed by atoms with Crippen LogP contribution in [0.4, 0.5) is 5.00 Å². The Kier molecular flexibility index (Phi) is 7.88. The lowest BCUT2D eigenvalue weighted by atomic mass is 10.1. The second-order valence-electron chi connectivity index (χ2n) is 8.19. The summed E-state index contributed by atoms with van der Waals surface area (Å²) in [4.78, 5) is 9.89. The summed E-state index contributed by atoms with van der Waals surface area (Å²) in [6.07, 6.45) is 2.24. The Morgan fingerprint density at radius 2 is 2.00 bits per heavy atom. The van der Waals surface area contributed by atoms with Gasteiger partial charge in [0, 0.05) is 38.8 Å². The fourth-order valence-corrected chi connectivity index (χ4v) is 5.08. The molecule has 0 radical (unpaired) electrons. The molecule has 0 amide bonds. The van der Waals surface area contributed by atoms with Crippen LogP contribution in [-0.4, -0.2) is 69.4 Å². The van der Waals surface area contributed by atoms with E-state index in [2.05, 4.69) is 50.9 Å². The predicted octanol–water partition coefficient (Wildman–Crippen LogP) is 3.25. The zero-order valence-electron chi connectivity index (χ0n) is 18.7. The number of aryl methyl sites for hydroxylation is 1. The number of guanidine groups is 1. The monoisotopic (exact) mass is 445 g/mol. The van der Waals surface area contributed by atoms with Crippen molar-refractivity contribution in [2.24, 2.45) is 4.99 Å². The fraction of sp³-hybridized carbons (Fsp3) is 0.609. The lowest BCUT2D eigenvalue weighted by Crippen LogP contribution is -2.49. The van der Waals surface area contributed by atoms with E-state index < -0.39 is 0 Å². The summed E-state index contributed by atoms with van der Waals surface area (Å²) in [6, 6.07) is 9.05. The number of hydrogen-bond donors (Lipinski definition) is 2. The molecule has 2 aliphatic rings. The van der Waals surface area contributed by atoms with Gasteiger partial charge in [-0.15, -0.1) is 11.3 Å². The molecule has 0 aromatic carbocycles. The van der Waals surface area contributed by atoms with Crippen LogP contribution in [0.2, 0.25) is 0 Å². The summed E-state index contributed by atoms with van der Waals surface area (Å²) >= 11 is 1.82. The third-order valence-corrected chi connectivity index (χ3v) is 6.93. The van der Waals surface area contributed by atoms with Crippen LogP contribution in [-0.2, 0) is 4.74 Å². The molecule has 2 N–H and O–H groups in total.